The first-order chi connectivity index (χ1) is 6.81. The largest absolute Gasteiger partial charge is 0.431 e. The van der Waals surface area contributed by atoms with Crippen molar-refractivity contribution in [3.63, 3.8) is 0 Å². The van der Waals surface area contributed by atoms with Gasteiger partial charge < -0.3 is 4.74 Å². The Labute approximate surface area is 86.0 Å². The SMILES string of the molecule is C/C=C/C(=O)O/C=C/C=C/CCCC. The van der Waals surface area contributed by atoms with Crippen molar-refractivity contribution in [1.82, 2.24) is 0 Å². The monoisotopic (exact) mass is 194 g/mol. The van der Waals surface area contributed by atoms with E-state index in [2.05, 4.69) is 13.0 Å². The fourth-order valence-electron chi connectivity index (χ4n) is 0.824. The van der Waals surface area contributed by atoms with E-state index in [1.165, 1.54) is 25.2 Å². The van der Waals surface area contributed by atoms with Gasteiger partial charge in [0.25, 0.3) is 0 Å². The van der Waals surface area contributed by atoms with Crippen LogP contribution in [-0.2, 0) is 9.53 Å². The second-order valence-corrected chi connectivity index (χ2v) is 2.84. The second-order valence-electron chi connectivity index (χ2n) is 2.84. The lowest BCUT2D eigenvalue weighted by Crippen LogP contribution is -1.92. The van der Waals surface area contributed by atoms with Crippen molar-refractivity contribution >= 4 is 5.97 Å². The van der Waals surface area contributed by atoms with E-state index < -0.39 is 0 Å². The molecule has 0 N–H and O–H groups in total. The van der Waals surface area contributed by atoms with Crippen molar-refractivity contribution in [2.75, 3.05) is 0 Å². The van der Waals surface area contributed by atoms with Crippen LogP contribution < -0.4 is 0 Å². The van der Waals surface area contributed by atoms with E-state index in [1.807, 2.05) is 6.08 Å². The van der Waals surface area contributed by atoms with Crippen molar-refractivity contribution in [3.8, 4) is 0 Å². The number of allylic oxidation sites excluding steroid dienone is 4. The third-order valence-corrected chi connectivity index (χ3v) is 1.54. The highest BCUT2D eigenvalue weighted by Gasteiger charge is 1.88. The van der Waals surface area contributed by atoms with Crippen LogP contribution in [0.25, 0.3) is 0 Å². The molecule has 0 heterocycles. The quantitative estimate of drug-likeness (QED) is 0.213. The van der Waals surface area contributed by atoms with Gasteiger partial charge in [-0.25, -0.2) is 4.79 Å². The van der Waals surface area contributed by atoms with Crippen LogP contribution in [0.15, 0.2) is 36.6 Å². The molecule has 0 aromatic carbocycles. The van der Waals surface area contributed by atoms with Gasteiger partial charge in [0.15, 0.2) is 0 Å². The highest BCUT2D eigenvalue weighted by molar-refractivity contribution is 5.82. The van der Waals surface area contributed by atoms with Crippen molar-refractivity contribution in [1.29, 1.82) is 0 Å². The minimum absolute atomic E-state index is 0.342. The van der Waals surface area contributed by atoms with Gasteiger partial charge in [-0.2, -0.15) is 0 Å². The first-order valence-corrected chi connectivity index (χ1v) is 4.96. The molecule has 0 amide bonds. The summed E-state index contributed by atoms with van der Waals surface area (Å²) in [6.07, 6.45) is 13.6. The summed E-state index contributed by atoms with van der Waals surface area (Å²) in [5.41, 5.74) is 0. The van der Waals surface area contributed by atoms with Gasteiger partial charge in [-0.05, 0) is 19.4 Å². The van der Waals surface area contributed by atoms with E-state index in [0.29, 0.717) is 0 Å². The summed E-state index contributed by atoms with van der Waals surface area (Å²) in [6, 6.07) is 0. The maximum Gasteiger partial charge on any atom is 0.335 e. The lowest BCUT2D eigenvalue weighted by Gasteiger charge is -1.89. The Bertz CT molecular complexity index is 224. The van der Waals surface area contributed by atoms with E-state index in [1.54, 1.807) is 19.1 Å². The molecule has 0 spiro atoms. The van der Waals surface area contributed by atoms with Gasteiger partial charge in [0.1, 0.15) is 0 Å². The zero-order valence-electron chi connectivity index (χ0n) is 8.90. The number of ether oxygens (including phenoxy) is 1. The predicted octanol–water partition coefficient (Wildman–Crippen LogP) is 3.37. The summed E-state index contributed by atoms with van der Waals surface area (Å²) >= 11 is 0. The lowest BCUT2D eigenvalue weighted by atomic mass is 10.2. The van der Waals surface area contributed by atoms with Crippen LogP contribution in [-0.4, -0.2) is 5.97 Å². The fraction of sp³-hybridized carbons (Fsp3) is 0.417. The fourth-order valence-corrected chi connectivity index (χ4v) is 0.824. The minimum atomic E-state index is -0.342. The van der Waals surface area contributed by atoms with Gasteiger partial charge in [-0.1, -0.05) is 38.0 Å². The molecule has 0 aromatic rings. The minimum Gasteiger partial charge on any atom is -0.431 e. The van der Waals surface area contributed by atoms with Crippen molar-refractivity contribution in [3.05, 3.63) is 36.6 Å². The molecule has 2 nitrogen and oxygen atoms in total. The molecule has 0 unspecified atom stereocenters. The number of rotatable bonds is 6. The van der Waals surface area contributed by atoms with Crippen molar-refractivity contribution in [2.45, 2.75) is 33.1 Å². The Morgan fingerprint density at radius 3 is 2.79 bits per heavy atom. The van der Waals surface area contributed by atoms with Gasteiger partial charge in [0.2, 0.25) is 0 Å². The lowest BCUT2D eigenvalue weighted by molar-refractivity contribution is -0.132. The summed E-state index contributed by atoms with van der Waals surface area (Å²) in [7, 11) is 0. The molecule has 2 heteroatoms. The van der Waals surface area contributed by atoms with Gasteiger partial charge in [-0.3, -0.25) is 0 Å². The Morgan fingerprint density at radius 1 is 1.36 bits per heavy atom. The Hall–Kier alpha value is -1.31. The summed E-state index contributed by atoms with van der Waals surface area (Å²) in [4.78, 5) is 10.8. The highest BCUT2D eigenvalue weighted by atomic mass is 16.5. The maximum atomic E-state index is 10.8. The van der Waals surface area contributed by atoms with Gasteiger partial charge in [0.05, 0.1) is 6.26 Å². The van der Waals surface area contributed by atoms with E-state index in [4.69, 9.17) is 4.74 Å². The number of carbonyl (C=O) groups is 1. The van der Waals surface area contributed by atoms with E-state index in [0.717, 1.165) is 6.42 Å². The van der Waals surface area contributed by atoms with Crippen LogP contribution in [0.5, 0.6) is 0 Å². The summed E-state index contributed by atoms with van der Waals surface area (Å²) in [5, 5.41) is 0. The standard InChI is InChI=1S/C12H18O2/c1-3-5-6-7-8-9-11-14-12(13)10-4-2/h4,7-11H,3,5-6H2,1-2H3/b8-7+,10-4+,11-9+. The molecule has 78 valence electrons. The molecule has 0 aliphatic heterocycles. The molecule has 0 saturated heterocycles. The summed E-state index contributed by atoms with van der Waals surface area (Å²) < 4.78 is 4.73. The predicted molar refractivity (Wildman–Crippen MR) is 58.7 cm³/mol. The molecule has 14 heavy (non-hydrogen) atoms. The van der Waals surface area contributed by atoms with Crippen molar-refractivity contribution in [2.24, 2.45) is 0 Å². The maximum absolute atomic E-state index is 10.8. The number of hydrogen-bond acceptors (Lipinski definition) is 2. The highest BCUT2D eigenvalue weighted by Crippen LogP contribution is 1.95. The molecule has 0 radical (unpaired) electrons. The van der Waals surface area contributed by atoms with E-state index >= 15 is 0 Å². The molecule has 0 saturated carbocycles. The number of hydrogen-bond donors (Lipinski definition) is 0. The van der Waals surface area contributed by atoms with Gasteiger partial charge in [0, 0.05) is 6.08 Å². The van der Waals surface area contributed by atoms with Gasteiger partial charge in [-0.15, -0.1) is 0 Å². The average molecular weight is 194 g/mol. The Morgan fingerprint density at radius 2 is 2.14 bits per heavy atom. The normalized spacial score (nSPS) is 11.9. The molecular formula is C12H18O2. The Kier molecular flexibility index (Phi) is 8.86. The number of esters is 1. The molecule has 0 aliphatic carbocycles. The zero-order chi connectivity index (χ0) is 10.6. The van der Waals surface area contributed by atoms with Crippen LogP contribution in [0.2, 0.25) is 0 Å². The van der Waals surface area contributed by atoms with E-state index in [9.17, 15) is 4.79 Å². The van der Waals surface area contributed by atoms with Crippen molar-refractivity contribution < 1.29 is 9.53 Å². The number of unbranched alkanes of at least 4 members (excludes halogenated alkanes) is 2. The van der Waals surface area contributed by atoms with Crippen LogP contribution in [0.4, 0.5) is 0 Å². The topological polar surface area (TPSA) is 26.3 Å². The molecule has 0 fully saturated rings. The molecular weight excluding hydrogens is 176 g/mol. The smallest absolute Gasteiger partial charge is 0.335 e. The molecule has 0 atom stereocenters. The molecule has 0 aliphatic rings. The number of carbonyl (C=O) groups excluding carboxylic acids is 1. The first-order valence-electron chi connectivity index (χ1n) is 4.96. The molecule has 0 aromatic heterocycles. The van der Waals surface area contributed by atoms with E-state index in [-0.39, 0.29) is 5.97 Å². The third-order valence-electron chi connectivity index (χ3n) is 1.54. The molecule has 0 bridgehead atoms. The van der Waals surface area contributed by atoms with Crippen LogP contribution >= 0.6 is 0 Å². The van der Waals surface area contributed by atoms with Crippen LogP contribution in [0, 0.1) is 0 Å². The first kappa shape index (κ1) is 12.7. The van der Waals surface area contributed by atoms with Crippen LogP contribution in [0.3, 0.4) is 0 Å². The Balaban J connectivity index is 3.53. The zero-order valence-corrected chi connectivity index (χ0v) is 8.90. The summed E-state index contributed by atoms with van der Waals surface area (Å²) in [5.74, 6) is -0.342. The van der Waals surface area contributed by atoms with Crippen LogP contribution in [0.1, 0.15) is 33.1 Å². The third kappa shape index (κ3) is 8.78. The average Bonchev–Trinajstić information content (AvgIpc) is 2.17. The molecule has 0 rings (SSSR count). The van der Waals surface area contributed by atoms with Gasteiger partial charge >= 0.3 is 5.97 Å². The summed E-state index contributed by atoms with van der Waals surface area (Å²) in [6.45, 7) is 3.93. The second kappa shape index (κ2) is 9.78.